The molecule has 1 aliphatic rings. The van der Waals surface area contributed by atoms with E-state index < -0.39 is 0 Å². The fourth-order valence-electron chi connectivity index (χ4n) is 3.36. The van der Waals surface area contributed by atoms with Crippen LogP contribution >= 0.6 is 0 Å². The molecule has 0 aliphatic carbocycles. The summed E-state index contributed by atoms with van der Waals surface area (Å²) in [4.78, 5) is 20.4. The van der Waals surface area contributed by atoms with E-state index in [1.165, 1.54) is 12.1 Å². The van der Waals surface area contributed by atoms with Gasteiger partial charge < -0.3 is 25.2 Å². The fourth-order valence-corrected chi connectivity index (χ4v) is 3.36. The van der Waals surface area contributed by atoms with Crippen LogP contribution in [0.25, 0.3) is 0 Å². The van der Waals surface area contributed by atoms with E-state index in [1.807, 2.05) is 27.9 Å². The summed E-state index contributed by atoms with van der Waals surface area (Å²) in [5.74, 6) is 0.523. The third-order valence-electron chi connectivity index (χ3n) is 5.01. The summed E-state index contributed by atoms with van der Waals surface area (Å²) in [5.41, 5.74) is 1.03. The second-order valence-electron chi connectivity index (χ2n) is 7.36. The molecule has 1 fully saturated rings. The van der Waals surface area contributed by atoms with E-state index in [9.17, 15) is 9.18 Å². The number of benzene rings is 1. The zero-order valence-corrected chi connectivity index (χ0v) is 17.9. The van der Waals surface area contributed by atoms with Crippen LogP contribution in [-0.2, 0) is 4.74 Å². The molecule has 1 aromatic carbocycles. The minimum atomic E-state index is -0.237. The molecule has 0 spiro atoms. The van der Waals surface area contributed by atoms with Crippen LogP contribution in [-0.4, -0.2) is 74.8 Å². The summed E-state index contributed by atoms with van der Waals surface area (Å²) in [5, 5.41) is 6.78. The number of likely N-dealkylation sites (tertiary alicyclic amines) is 1. The Labute approximate surface area is 173 Å². The van der Waals surface area contributed by atoms with Crippen molar-refractivity contribution in [1.29, 1.82) is 0 Å². The normalized spacial score (nSPS) is 16.6. The van der Waals surface area contributed by atoms with Crippen molar-refractivity contribution in [2.45, 2.75) is 38.8 Å². The van der Waals surface area contributed by atoms with Crippen LogP contribution in [0.5, 0.6) is 0 Å². The minimum absolute atomic E-state index is 0.0525. The molecule has 7 nitrogen and oxygen atoms in total. The van der Waals surface area contributed by atoms with Crippen LogP contribution in [0.2, 0.25) is 0 Å². The quantitative estimate of drug-likeness (QED) is 0.537. The Balaban J connectivity index is 1.96. The van der Waals surface area contributed by atoms with Crippen LogP contribution in [0.1, 0.15) is 38.3 Å². The summed E-state index contributed by atoms with van der Waals surface area (Å²) < 4.78 is 18.3. The maximum Gasteiger partial charge on any atom is 0.409 e. The Morgan fingerprint density at radius 1 is 1.28 bits per heavy atom. The molecule has 0 radical (unpaired) electrons. The first-order valence-electron chi connectivity index (χ1n) is 10.3. The van der Waals surface area contributed by atoms with Crippen LogP contribution in [0, 0.1) is 5.82 Å². The third-order valence-corrected chi connectivity index (χ3v) is 5.01. The lowest BCUT2D eigenvalue weighted by Crippen LogP contribution is -2.50. The van der Waals surface area contributed by atoms with Crippen molar-refractivity contribution in [3.63, 3.8) is 0 Å². The largest absolute Gasteiger partial charge is 0.450 e. The molecule has 0 bridgehead atoms. The molecule has 1 aromatic rings. The summed E-state index contributed by atoms with van der Waals surface area (Å²) in [6.45, 7) is 6.90. The number of ether oxygens (including phenoxy) is 1. The second kappa shape index (κ2) is 11.6. The number of rotatable bonds is 7. The molecule has 8 heteroatoms. The van der Waals surface area contributed by atoms with Crippen molar-refractivity contribution < 1.29 is 13.9 Å². The molecule has 29 heavy (non-hydrogen) atoms. The zero-order chi connectivity index (χ0) is 21.2. The predicted octanol–water partition coefficient (Wildman–Crippen LogP) is 2.60. The zero-order valence-electron chi connectivity index (χ0n) is 17.9. The maximum absolute atomic E-state index is 13.3. The van der Waals surface area contributed by atoms with Crippen molar-refractivity contribution in [3.05, 3.63) is 35.6 Å². The Morgan fingerprint density at radius 2 is 1.93 bits per heavy atom. The molecule has 1 heterocycles. The van der Waals surface area contributed by atoms with Gasteiger partial charge in [0.1, 0.15) is 5.82 Å². The van der Waals surface area contributed by atoms with Gasteiger partial charge in [0.2, 0.25) is 0 Å². The standard InChI is InChI=1S/C21H34FN5O2/c1-5-23-20(25-18-11-13-27(14-12-18)21(28)29-6-2)24-15-19(26(3)4)16-7-9-17(22)10-8-16/h7-10,18-19H,5-6,11-15H2,1-4H3,(H2,23,24,25). The van der Waals surface area contributed by atoms with Crippen LogP contribution < -0.4 is 10.6 Å². The van der Waals surface area contributed by atoms with Gasteiger partial charge in [-0.3, -0.25) is 4.99 Å². The van der Waals surface area contributed by atoms with Crippen LogP contribution in [0.4, 0.5) is 9.18 Å². The van der Waals surface area contributed by atoms with Crippen molar-refractivity contribution in [1.82, 2.24) is 20.4 Å². The van der Waals surface area contributed by atoms with Gasteiger partial charge in [0, 0.05) is 25.7 Å². The SMILES string of the molecule is CCNC(=NCC(c1ccc(F)cc1)N(C)C)NC1CCN(C(=O)OCC)CC1. The highest BCUT2D eigenvalue weighted by Crippen LogP contribution is 2.19. The first-order valence-corrected chi connectivity index (χ1v) is 10.3. The van der Waals surface area contributed by atoms with Gasteiger partial charge in [-0.1, -0.05) is 12.1 Å². The molecule has 1 saturated heterocycles. The molecule has 1 unspecified atom stereocenters. The molecule has 1 aliphatic heterocycles. The summed E-state index contributed by atoms with van der Waals surface area (Å²) in [7, 11) is 3.99. The molecule has 1 atom stereocenters. The van der Waals surface area contributed by atoms with E-state index in [0.717, 1.165) is 30.9 Å². The van der Waals surface area contributed by atoms with Gasteiger partial charge in [0.05, 0.1) is 19.2 Å². The first kappa shape index (κ1) is 22.9. The molecule has 2 rings (SSSR count). The molecule has 0 aromatic heterocycles. The molecule has 162 valence electrons. The van der Waals surface area contributed by atoms with E-state index in [-0.39, 0.29) is 24.0 Å². The van der Waals surface area contributed by atoms with E-state index in [2.05, 4.69) is 15.5 Å². The molecule has 0 saturated carbocycles. The maximum atomic E-state index is 13.3. The number of carbonyl (C=O) groups excluding carboxylic acids is 1. The van der Waals surface area contributed by atoms with Crippen LogP contribution in [0.3, 0.4) is 0 Å². The van der Waals surface area contributed by atoms with E-state index in [4.69, 9.17) is 9.73 Å². The second-order valence-corrected chi connectivity index (χ2v) is 7.36. The van der Waals surface area contributed by atoms with E-state index in [0.29, 0.717) is 26.2 Å². The number of halogens is 1. The number of hydrogen-bond donors (Lipinski definition) is 2. The number of likely N-dealkylation sites (N-methyl/N-ethyl adjacent to an activating group) is 1. The summed E-state index contributed by atoms with van der Waals surface area (Å²) in [6, 6.07) is 6.88. The van der Waals surface area contributed by atoms with Gasteiger partial charge in [0.15, 0.2) is 5.96 Å². The van der Waals surface area contributed by atoms with E-state index >= 15 is 0 Å². The van der Waals surface area contributed by atoms with Crippen molar-refractivity contribution in [2.24, 2.45) is 4.99 Å². The fraction of sp³-hybridized carbons (Fsp3) is 0.619. The van der Waals surface area contributed by atoms with Gasteiger partial charge in [-0.25, -0.2) is 9.18 Å². The number of guanidine groups is 1. The van der Waals surface area contributed by atoms with Gasteiger partial charge in [-0.15, -0.1) is 0 Å². The summed E-state index contributed by atoms with van der Waals surface area (Å²) >= 11 is 0. The first-order chi connectivity index (χ1) is 13.9. The number of hydrogen-bond acceptors (Lipinski definition) is 4. The Morgan fingerprint density at radius 3 is 2.48 bits per heavy atom. The van der Waals surface area contributed by atoms with Gasteiger partial charge in [0.25, 0.3) is 0 Å². The smallest absolute Gasteiger partial charge is 0.409 e. The number of nitrogens with one attached hydrogen (secondary N) is 2. The third kappa shape index (κ3) is 7.20. The number of nitrogens with zero attached hydrogens (tertiary/aromatic N) is 3. The van der Waals surface area contributed by atoms with Gasteiger partial charge in [-0.05, 0) is 58.5 Å². The highest BCUT2D eigenvalue weighted by Gasteiger charge is 2.24. The highest BCUT2D eigenvalue weighted by atomic mass is 19.1. The van der Waals surface area contributed by atoms with Crippen molar-refractivity contribution >= 4 is 12.1 Å². The van der Waals surface area contributed by atoms with E-state index in [1.54, 1.807) is 17.0 Å². The number of piperidine rings is 1. The molecule has 1 amide bonds. The average molecular weight is 408 g/mol. The molecular weight excluding hydrogens is 373 g/mol. The Bertz CT molecular complexity index is 658. The lowest BCUT2D eigenvalue weighted by Gasteiger charge is -2.32. The lowest BCUT2D eigenvalue weighted by molar-refractivity contribution is 0.0963. The molecule has 2 N–H and O–H groups in total. The van der Waals surface area contributed by atoms with Gasteiger partial charge in [-0.2, -0.15) is 0 Å². The predicted molar refractivity (Wildman–Crippen MR) is 114 cm³/mol. The lowest BCUT2D eigenvalue weighted by atomic mass is 10.1. The topological polar surface area (TPSA) is 69.2 Å². The Kier molecular flexibility index (Phi) is 9.18. The Hall–Kier alpha value is -2.35. The summed E-state index contributed by atoms with van der Waals surface area (Å²) in [6.07, 6.45) is 1.45. The van der Waals surface area contributed by atoms with Crippen molar-refractivity contribution in [2.75, 3.05) is 46.9 Å². The monoisotopic (exact) mass is 407 g/mol. The van der Waals surface area contributed by atoms with Crippen LogP contribution in [0.15, 0.2) is 29.3 Å². The number of carbonyl (C=O) groups is 1. The van der Waals surface area contributed by atoms with Gasteiger partial charge >= 0.3 is 6.09 Å². The van der Waals surface area contributed by atoms with Crippen molar-refractivity contribution in [3.8, 4) is 0 Å². The average Bonchev–Trinajstić information content (AvgIpc) is 2.70. The number of aliphatic imine (C=N–C) groups is 1. The number of amides is 1. The highest BCUT2D eigenvalue weighted by molar-refractivity contribution is 5.80. The molecular formula is C21H34FN5O2. The minimum Gasteiger partial charge on any atom is -0.450 e.